The van der Waals surface area contributed by atoms with Crippen LogP contribution in [-0.4, -0.2) is 28.4 Å². The molecule has 0 spiro atoms. The fourth-order valence-corrected chi connectivity index (χ4v) is 3.12. The van der Waals surface area contributed by atoms with Gasteiger partial charge in [0.25, 0.3) is 5.56 Å². The van der Waals surface area contributed by atoms with E-state index in [4.69, 9.17) is 9.47 Å². The highest BCUT2D eigenvalue weighted by atomic mass is 16.7. The summed E-state index contributed by atoms with van der Waals surface area (Å²) in [6.07, 6.45) is 1.39. The number of hydrogen-bond acceptors (Lipinski definition) is 4. The van der Waals surface area contributed by atoms with Crippen molar-refractivity contribution in [2.45, 2.75) is 27.1 Å². The highest BCUT2D eigenvalue weighted by Crippen LogP contribution is 2.32. The molecule has 0 atom stereocenters. The third-order valence-corrected chi connectivity index (χ3v) is 4.51. The van der Waals surface area contributed by atoms with Gasteiger partial charge in [0, 0.05) is 22.7 Å². The number of carbonyl (C=O) groups is 1. The van der Waals surface area contributed by atoms with E-state index in [1.165, 1.54) is 6.92 Å². The summed E-state index contributed by atoms with van der Waals surface area (Å²) in [7, 11) is 0. The van der Waals surface area contributed by atoms with Crippen LogP contribution in [0, 0.1) is 5.41 Å². The third kappa shape index (κ3) is 2.77. The second-order valence-electron chi connectivity index (χ2n) is 7.39. The number of hydrogen-bond donors (Lipinski definition) is 1. The van der Waals surface area contributed by atoms with Crippen LogP contribution < -0.4 is 5.56 Å². The van der Waals surface area contributed by atoms with Crippen LogP contribution in [0.25, 0.3) is 16.6 Å². The molecule has 6 heteroatoms. The van der Waals surface area contributed by atoms with Crippen LogP contribution in [0.3, 0.4) is 0 Å². The zero-order valence-electron chi connectivity index (χ0n) is 14.5. The van der Waals surface area contributed by atoms with Crippen molar-refractivity contribution in [3.05, 3.63) is 51.9 Å². The lowest BCUT2D eigenvalue weighted by atomic mass is 9.95. The lowest BCUT2D eigenvalue weighted by molar-refractivity contribution is -0.226. The Labute approximate surface area is 144 Å². The quantitative estimate of drug-likeness (QED) is 0.728. The van der Waals surface area contributed by atoms with Gasteiger partial charge in [-0.2, -0.15) is 0 Å². The molecule has 0 radical (unpaired) electrons. The normalized spacial score (nSPS) is 18.0. The molecule has 0 aliphatic carbocycles. The summed E-state index contributed by atoms with van der Waals surface area (Å²) in [4.78, 5) is 26.8. The first-order valence-electron chi connectivity index (χ1n) is 8.26. The fourth-order valence-electron chi connectivity index (χ4n) is 3.12. The number of nitrogens with zero attached hydrogens (tertiary/aromatic N) is 1. The maximum Gasteiger partial charge on any atom is 0.272 e. The molecular weight excluding hydrogens is 320 g/mol. The van der Waals surface area contributed by atoms with Crippen LogP contribution in [-0.2, 0) is 9.47 Å². The summed E-state index contributed by atoms with van der Waals surface area (Å²) < 4.78 is 13.5. The average Bonchev–Trinajstić information content (AvgIpc) is 3.00. The number of nitrogens with one attached hydrogen (secondary N) is 1. The minimum absolute atomic E-state index is 0.0110. The molecular formula is C19H20N2O4. The van der Waals surface area contributed by atoms with Crippen LogP contribution in [0.5, 0.6) is 0 Å². The monoisotopic (exact) mass is 340 g/mol. The molecule has 2 aromatic heterocycles. The maximum atomic E-state index is 12.4. The summed E-state index contributed by atoms with van der Waals surface area (Å²) in [5.74, 6) is -0.0392. The molecule has 0 saturated carbocycles. The van der Waals surface area contributed by atoms with Crippen molar-refractivity contribution in [2.75, 3.05) is 13.2 Å². The van der Waals surface area contributed by atoms with Gasteiger partial charge in [0.05, 0.1) is 24.2 Å². The van der Waals surface area contributed by atoms with Gasteiger partial charge in [-0.15, -0.1) is 0 Å². The number of aromatic nitrogens is 2. The largest absolute Gasteiger partial charge is 0.348 e. The molecule has 0 amide bonds. The number of rotatable bonds is 2. The van der Waals surface area contributed by atoms with Gasteiger partial charge in [-0.3, -0.25) is 9.59 Å². The van der Waals surface area contributed by atoms with Gasteiger partial charge < -0.3 is 18.9 Å². The van der Waals surface area contributed by atoms with E-state index in [-0.39, 0.29) is 16.8 Å². The van der Waals surface area contributed by atoms with E-state index in [9.17, 15) is 9.59 Å². The number of ether oxygens (including phenoxy) is 2. The summed E-state index contributed by atoms with van der Waals surface area (Å²) in [5.41, 5.74) is 3.12. The Morgan fingerprint density at radius 3 is 2.60 bits per heavy atom. The van der Waals surface area contributed by atoms with Crippen molar-refractivity contribution in [3.8, 4) is 0 Å². The first kappa shape index (κ1) is 16.1. The Morgan fingerprint density at radius 2 is 1.92 bits per heavy atom. The maximum absolute atomic E-state index is 12.4. The summed E-state index contributed by atoms with van der Waals surface area (Å²) in [6, 6.07) is 7.09. The van der Waals surface area contributed by atoms with Gasteiger partial charge in [0.15, 0.2) is 12.1 Å². The lowest BCUT2D eigenvalue weighted by Gasteiger charge is -2.34. The molecule has 3 heterocycles. The van der Waals surface area contributed by atoms with Crippen LogP contribution in [0.4, 0.5) is 0 Å². The first-order chi connectivity index (χ1) is 11.8. The molecule has 1 fully saturated rings. The van der Waals surface area contributed by atoms with Crippen LogP contribution in [0.15, 0.2) is 35.3 Å². The smallest absolute Gasteiger partial charge is 0.272 e. The minimum atomic E-state index is -0.473. The summed E-state index contributed by atoms with van der Waals surface area (Å²) >= 11 is 0. The molecule has 0 unspecified atom stereocenters. The van der Waals surface area contributed by atoms with Crippen molar-refractivity contribution in [1.29, 1.82) is 0 Å². The minimum Gasteiger partial charge on any atom is -0.348 e. The molecule has 130 valence electrons. The fraction of sp³-hybridized carbons (Fsp3) is 0.368. The van der Waals surface area contributed by atoms with Crippen molar-refractivity contribution in [1.82, 2.24) is 9.38 Å². The Hall–Kier alpha value is -2.44. The highest BCUT2D eigenvalue weighted by Gasteiger charge is 2.30. The van der Waals surface area contributed by atoms with Crippen molar-refractivity contribution in [2.24, 2.45) is 5.41 Å². The van der Waals surface area contributed by atoms with Crippen LogP contribution >= 0.6 is 0 Å². The van der Waals surface area contributed by atoms with E-state index in [1.807, 2.05) is 16.7 Å². The molecule has 1 N–H and O–H groups in total. The zero-order chi connectivity index (χ0) is 17.8. The molecule has 25 heavy (non-hydrogen) atoms. The number of fused-ring (bicyclic) bond motifs is 3. The molecule has 1 aliphatic rings. The third-order valence-electron chi connectivity index (χ3n) is 4.51. The van der Waals surface area contributed by atoms with Crippen molar-refractivity contribution >= 4 is 22.3 Å². The van der Waals surface area contributed by atoms with Crippen molar-refractivity contribution in [3.63, 3.8) is 0 Å². The summed E-state index contributed by atoms with van der Waals surface area (Å²) in [5, 5.41) is 0. The molecule has 4 rings (SSSR count). The van der Waals surface area contributed by atoms with Gasteiger partial charge >= 0.3 is 0 Å². The first-order valence-corrected chi connectivity index (χ1v) is 8.26. The van der Waals surface area contributed by atoms with E-state index in [2.05, 4.69) is 18.8 Å². The number of carbonyl (C=O) groups excluding carboxylic acids is 1. The average molecular weight is 340 g/mol. The van der Waals surface area contributed by atoms with E-state index in [0.29, 0.717) is 29.8 Å². The second-order valence-corrected chi connectivity index (χ2v) is 7.39. The molecule has 1 aliphatic heterocycles. The van der Waals surface area contributed by atoms with E-state index >= 15 is 0 Å². The van der Waals surface area contributed by atoms with E-state index < -0.39 is 6.29 Å². The molecule has 6 nitrogen and oxygen atoms in total. The lowest BCUT2D eigenvalue weighted by Crippen LogP contribution is -2.33. The second kappa shape index (κ2) is 5.54. The number of H-pyrrole nitrogens is 1. The number of benzene rings is 1. The van der Waals surface area contributed by atoms with Crippen LogP contribution in [0.2, 0.25) is 0 Å². The van der Waals surface area contributed by atoms with Gasteiger partial charge in [0.1, 0.15) is 5.52 Å². The van der Waals surface area contributed by atoms with E-state index in [1.54, 1.807) is 18.2 Å². The topological polar surface area (TPSA) is 72.8 Å². The van der Waals surface area contributed by atoms with Crippen LogP contribution in [0.1, 0.15) is 43.0 Å². The standard InChI is InChI=1S/C19H20N2O4/c1-11(22)12-4-5-15-14(6-12)20-17(23)16-7-13(8-21(15)16)18-24-9-19(2,3)10-25-18/h4-8,18H,9-10H2,1-3H3,(H,20,23). The highest BCUT2D eigenvalue weighted by molar-refractivity contribution is 5.97. The van der Waals surface area contributed by atoms with E-state index in [0.717, 1.165) is 11.1 Å². The number of Topliss-reactive ketones (excluding diaryl/α,β-unsaturated/α-hetero) is 1. The summed E-state index contributed by atoms with van der Waals surface area (Å²) in [6.45, 7) is 6.88. The van der Waals surface area contributed by atoms with Gasteiger partial charge in [0.2, 0.25) is 0 Å². The Morgan fingerprint density at radius 1 is 1.20 bits per heavy atom. The zero-order valence-corrected chi connectivity index (χ0v) is 14.5. The van der Waals surface area contributed by atoms with Gasteiger partial charge in [-0.25, -0.2) is 0 Å². The molecule has 0 bridgehead atoms. The predicted molar refractivity (Wildman–Crippen MR) is 94.0 cm³/mol. The van der Waals surface area contributed by atoms with Crippen molar-refractivity contribution < 1.29 is 14.3 Å². The number of aromatic amines is 1. The Kier molecular flexibility index (Phi) is 3.56. The molecule has 1 aromatic carbocycles. The predicted octanol–water partition coefficient (Wildman–Crippen LogP) is 3.06. The van der Waals surface area contributed by atoms with Gasteiger partial charge in [-0.05, 0) is 31.2 Å². The Balaban J connectivity index is 1.82. The van der Waals surface area contributed by atoms with Gasteiger partial charge in [-0.1, -0.05) is 13.8 Å². The molecule has 3 aromatic rings. The molecule has 1 saturated heterocycles. The Bertz CT molecular complexity index is 1030. The SMILES string of the molecule is CC(=O)c1ccc2c(c1)[nH]c(=O)c1cc(C3OCC(C)(C)CO3)cn12. The number of ketones is 1.